The van der Waals surface area contributed by atoms with Crippen LogP contribution in [-0.2, 0) is 28.4 Å². The van der Waals surface area contributed by atoms with Crippen LogP contribution in [0.2, 0.25) is 0 Å². The van der Waals surface area contributed by atoms with Crippen LogP contribution in [-0.4, -0.2) is 43.5 Å². The highest BCUT2D eigenvalue weighted by Crippen LogP contribution is 2.36. The lowest BCUT2D eigenvalue weighted by molar-refractivity contribution is -0.156. The molecule has 26 heavy (non-hydrogen) atoms. The van der Waals surface area contributed by atoms with Crippen LogP contribution in [0.5, 0.6) is 0 Å². The fourth-order valence-electron chi connectivity index (χ4n) is 2.64. The van der Waals surface area contributed by atoms with E-state index >= 15 is 0 Å². The molecule has 0 unspecified atom stereocenters. The molecule has 1 aromatic rings. The average Bonchev–Trinajstić information content (AvgIpc) is 2.77. The molecule has 0 N–H and O–H groups in total. The highest BCUT2D eigenvalue weighted by Gasteiger charge is 2.51. The van der Waals surface area contributed by atoms with Gasteiger partial charge < -0.3 is 18.8 Å². The second-order valence-electron chi connectivity index (χ2n) is 7.19. The third-order valence-corrected chi connectivity index (χ3v) is 4.84. The fourth-order valence-corrected chi connectivity index (χ4v) is 2.64. The third-order valence-electron chi connectivity index (χ3n) is 4.84. The summed E-state index contributed by atoms with van der Waals surface area (Å²) in [6, 6.07) is 7.00. The zero-order valence-corrected chi connectivity index (χ0v) is 16.3. The molecule has 0 aromatic heterocycles. The highest BCUT2D eigenvalue weighted by atomic mass is 16.7. The van der Waals surface area contributed by atoms with Crippen molar-refractivity contribution in [3.05, 3.63) is 29.8 Å². The van der Waals surface area contributed by atoms with E-state index in [4.69, 9.17) is 18.8 Å². The summed E-state index contributed by atoms with van der Waals surface area (Å²) >= 11 is 0. The smallest absolute Gasteiger partial charge is 0.465 e. The van der Waals surface area contributed by atoms with Gasteiger partial charge in [-0.05, 0) is 52.6 Å². The summed E-state index contributed by atoms with van der Waals surface area (Å²) in [7, 11) is -0.502. The minimum Gasteiger partial charge on any atom is -0.465 e. The summed E-state index contributed by atoms with van der Waals surface area (Å²) in [5.74, 6) is -2.33. The van der Waals surface area contributed by atoms with Crippen molar-refractivity contribution in [2.75, 3.05) is 13.2 Å². The first-order valence-electron chi connectivity index (χ1n) is 8.91. The molecule has 2 rings (SSSR count). The van der Waals surface area contributed by atoms with Crippen LogP contribution in [0, 0.1) is 0 Å². The fraction of sp³-hybridized carbons (Fsp3) is 0.579. The van der Waals surface area contributed by atoms with E-state index in [1.165, 1.54) is 0 Å². The number of carbonyl (C=O) groups is 2. The largest absolute Gasteiger partial charge is 0.494 e. The molecule has 6 nitrogen and oxygen atoms in total. The van der Waals surface area contributed by atoms with Crippen molar-refractivity contribution in [3.8, 4) is 0 Å². The lowest BCUT2D eigenvalue weighted by atomic mass is 9.78. The van der Waals surface area contributed by atoms with Gasteiger partial charge in [0, 0.05) is 0 Å². The molecule has 1 heterocycles. The Morgan fingerprint density at radius 2 is 1.35 bits per heavy atom. The number of benzene rings is 1. The Balaban J connectivity index is 2.23. The Labute approximate surface area is 155 Å². The first-order valence-corrected chi connectivity index (χ1v) is 8.91. The van der Waals surface area contributed by atoms with E-state index in [0.717, 1.165) is 5.46 Å². The first-order chi connectivity index (χ1) is 12.1. The van der Waals surface area contributed by atoms with Gasteiger partial charge in [0.05, 0.1) is 24.4 Å². The van der Waals surface area contributed by atoms with Gasteiger partial charge in [-0.3, -0.25) is 9.59 Å². The molecule has 0 spiro atoms. The molecular weight excluding hydrogens is 335 g/mol. The quantitative estimate of drug-likeness (QED) is 0.439. The number of rotatable bonds is 6. The predicted octanol–water partition coefficient (Wildman–Crippen LogP) is 2.20. The van der Waals surface area contributed by atoms with Crippen molar-refractivity contribution in [3.63, 3.8) is 0 Å². The summed E-state index contributed by atoms with van der Waals surface area (Å²) in [6.45, 7) is 11.7. The molecule has 1 aliphatic heterocycles. The van der Waals surface area contributed by atoms with E-state index in [0.29, 0.717) is 5.56 Å². The second kappa shape index (κ2) is 7.80. The molecule has 1 saturated heterocycles. The van der Waals surface area contributed by atoms with Crippen LogP contribution in [0.4, 0.5) is 0 Å². The van der Waals surface area contributed by atoms with Crippen molar-refractivity contribution < 1.29 is 28.4 Å². The maximum Gasteiger partial charge on any atom is 0.494 e. The Kier molecular flexibility index (Phi) is 6.14. The monoisotopic (exact) mass is 362 g/mol. The SMILES string of the molecule is CCOC(=O)C(C(=O)OCC)c1ccc(B2OC(C)(C)C(C)(C)O2)cc1. The van der Waals surface area contributed by atoms with Crippen LogP contribution in [0.15, 0.2) is 24.3 Å². The van der Waals surface area contributed by atoms with Crippen LogP contribution in [0.1, 0.15) is 53.0 Å². The van der Waals surface area contributed by atoms with Gasteiger partial charge in [-0.15, -0.1) is 0 Å². The van der Waals surface area contributed by atoms with Crippen molar-refractivity contribution in [2.45, 2.75) is 58.7 Å². The van der Waals surface area contributed by atoms with Crippen LogP contribution in [0.3, 0.4) is 0 Å². The van der Waals surface area contributed by atoms with Crippen LogP contribution < -0.4 is 5.46 Å². The Bertz CT molecular complexity index is 618. The maximum absolute atomic E-state index is 12.2. The number of carbonyl (C=O) groups excluding carboxylic acids is 2. The van der Waals surface area contributed by atoms with E-state index in [2.05, 4.69) is 0 Å². The van der Waals surface area contributed by atoms with Gasteiger partial charge in [-0.25, -0.2) is 0 Å². The first kappa shape index (κ1) is 20.5. The van der Waals surface area contributed by atoms with E-state index in [1.54, 1.807) is 38.1 Å². The lowest BCUT2D eigenvalue weighted by Crippen LogP contribution is -2.41. The molecule has 142 valence electrons. The van der Waals surface area contributed by atoms with Crippen molar-refractivity contribution in [2.24, 2.45) is 0 Å². The lowest BCUT2D eigenvalue weighted by Gasteiger charge is -2.32. The molecule has 0 atom stereocenters. The zero-order valence-electron chi connectivity index (χ0n) is 16.3. The van der Waals surface area contributed by atoms with Crippen LogP contribution >= 0.6 is 0 Å². The standard InChI is InChI=1S/C19H27BO6/c1-7-23-16(21)15(17(22)24-8-2)13-9-11-14(12-10-13)20-25-18(3,4)19(5,6)26-20/h9-12,15H,7-8H2,1-6H3. The van der Waals surface area contributed by atoms with E-state index in [1.807, 2.05) is 27.7 Å². The normalized spacial score (nSPS) is 18.0. The minimum absolute atomic E-state index is 0.195. The van der Waals surface area contributed by atoms with Gasteiger partial charge in [0.1, 0.15) is 0 Å². The number of esters is 2. The average molecular weight is 362 g/mol. The van der Waals surface area contributed by atoms with Crippen molar-refractivity contribution in [1.82, 2.24) is 0 Å². The highest BCUT2D eigenvalue weighted by molar-refractivity contribution is 6.62. The third kappa shape index (κ3) is 4.10. The molecule has 1 aromatic carbocycles. The Hall–Kier alpha value is -1.86. The minimum atomic E-state index is -1.10. The second-order valence-corrected chi connectivity index (χ2v) is 7.19. The molecule has 0 saturated carbocycles. The van der Waals surface area contributed by atoms with E-state index < -0.39 is 36.2 Å². The van der Waals surface area contributed by atoms with Crippen LogP contribution in [0.25, 0.3) is 0 Å². The van der Waals surface area contributed by atoms with E-state index in [-0.39, 0.29) is 13.2 Å². The molecule has 1 fully saturated rings. The summed E-state index contributed by atoms with van der Waals surface area (Å²) in [5.41, 5.74) is 0.463. The van der Waals surface area contributed by atoms with Gasteiger partial charge >= 0.3 is 19.1 Å². The number of hydrogen-bond acceptors (Lipinski definition) is 6. The molecule has 0 aliphatic carbocycles. The number of ether oxygens (including phenoxy) is 2. The molecule has 0 radical (unpaired) electrons. The number of hydrogen-bond donors (Lipinski definition) is 0. The molecular formula is C19H27BO6. The van der Waals surface area contributed by atoms with Gasteiger partial charge in [0.15, 0.2) is 5.92 Å². The summed E-state index contributed by atoms with van der Waals surface area (Å²) in [6.07, 6.45) is 0. The van der Waals surface area contributed by atoms with Crippen molar-refractivity contribution in [1.29, 1.82) is 0 Å². The molecule has 1 aliphatic rings. The Morgan fingerprint density at radius 1 is 0.923 bits per heavy atom. The van der Waals surface area contributed by atoms with Crippen molar-refractivity contribution >= 4 is 24.5 Å². The zero-order chi connectivity index (χ0) is 19.5. The van der Waals surface area contributed by atoms with Gasteiger partial charge in [-0.2, -0.15) is 0 Å². The molecule has 0 bridgehead atoms. The maximum atomic E-state index is 12.2. The topological polar surface area (TPSA) is 71.1 Å². The molecule has 7 heteroatoms. The van der Waals surface area contributed by atoms with Gasteiger partial charge in [-0.1, -0.05) is 24.3 Å². The van der Waals surface area contributed by atoms with Gasteiger partial charge in [0.25, 0.3) is 0 Å². The Morgan fingerprint density at radius 3 is 1.73 bits per heavy atom. The summed E-state index contributed by atoms with van der Waals surface area (Å²) in [5, 5.41) is 0. The predicted molar refractivity (Wildman–Crippen MR) is 98.2 cm³/mol. The van der Waals surface area contributed by atoms with E-state index in [9.17, 15) is 9.59 Å². The summed E-state index contributed by atoms with van der Waals surface area (Å²) < 4.78 is 22.1. The van der Waals surface area contributed by atoms with Gasteiger partial charge in [0.2, 0.25) is 0 Å². The summed E-state index contributed by atoms with van der Waals surface area (Å²) in [4.78, 5) is 24.4. The molecule has 0 amide bonds.